The first-order chi connectivity index (χ1) is 11.7. The Morgan fingerprint density at radius 1 is 1.08 bits per heavy atom. The van der Waals surface area contributed by atoms with Crippen LogP contribution >= 0.6 is 23.7 Å². The molecule has 0 bridgehead atoms. The zero-order valence-electron chi connectivity index (χ0n) is 13.0. The van der Waals surface area contributed by atoms with Crippen LogP contribution in [0.25, 0.3) is 22.0 Å². The van der Waals surface area contributed by atoms with Gasteiger partial charge in [0.15, 0.2) is 5.82 Å². The van der Waals surface area contributed by atoms with Gasteiger partial charge in [-0.1, -0.05) is 18.2 Å². The van der Waals surface area contributed by atoms with Crippen LogP contribution in [0.3, 0.4) is 0 Å². The van der Waals surface area contributed by atoms with E-state index in [0.717, 1.165) is 27.7 Å². The molecule has 25 heavy (non-hydrogen) atoms. The number of carbonyl (C=O) groups is 1. The van der Waals surface area contributed by atoms with Gasteiger partial charge in [0.25, 0.3) is 5.91 Å². The van der Waals surface area contributed by atoms with Gasteiger partial charge in [0.1, 0.15) is 0 Å². The quantitative estimate of drug-likeness (QED) is 0.462. The maximum Gasteiger partial charge on any atom is 0.257 e. The summed E-state index contributed by atoms with van der Waals surface area (Å²) in [5, 5.41) is 14.6. The van der Waals surface area contributed by atoms with E-state index < -0.39 is 0 Å². The van der Waals surface area contributed by atoms with Gasteiger partial charge in [-0.15, -0.1) is 12.4 Å². The number of anilines is 2. The molecule has 4 aromatic rings. The van der Waals surface area contributed by atoms with Crippen molar-refractivity contribution in [3.05, 3.63) is 64.9 Å². The third kappa shape index (κ3) is 3.35. The van der Waals surface area contributed by atoms with Gasteiger partial charge in [-0.3, -0.25) is 9.89 Å². The number of nitrogen functional groups attached to an aromatic ring is 1. The van der Waals surface area contributed by atoms with Gasteiger partial charge < -0.3 is 11.1 Å². The number of H-pyrrole nitrogens is 1. The smallest absolute Gasteiger partial charge is 0.257 e. The van der Waals surface area contributed by atoms with Crippen LogP contribution in [0.15, 0.2) is 59.3 Å². The number of amides is 1. The number of benzene rings is 2. The van der Waals surface area contributed by atoms with E-state index in [2.05, 4.69) is 15.5 Å². The topological polar surface area (TPSA) is 83.8 Å². The lowest BCUT2D eigenvalue weighted by Gasteiger charge is -2.03. The number of fused-ring (bicyclic) bond motifs is 1. The van der Waals surface area contributed by atoms with Crippen LogP contribution in [0.2, 0.25) is 0 Å². The maximum atomic E-state index is 12.2. The monoisotopic (exact) mass is 370 g/mol. The van der Waals surface area contributed by atoms with Gasteiger partial charge in [-0.25, -0.2) is 0 Å². The van der Waals surface area contributed by atoms with E-state index in [0.29, 0.717) is 11.4 Å². The van der Waals surface area contributed by atoms with Crippen LogP contribution in [-0.4, -0.2) is 16.1 Å². The summed E-state index contributed by atoms with van der Waals surface area (Å²) in [5.41, 5.74) is 10.1. The molecule has 0 aliphatic rings. The number of aromatic nitrogens is 2. The highest BCUT2D eigenvalue weighted by molar-refractivity contribution is 7.08. The molecule has 0 atom stereocenters. The van der Waals surface area contributed by atoms with Gasteiger partial charge in [0.2, 0.25) is 0 Å². The lowest BCUT2D eigenvalue weighted by Crippen LogP contribution is -2.11. The van der Waals surface area contributed by atoms with Crippen molar-refractivity contribution in [2.24, 2.45) is 0 Å². The number of nitrogens with two attached hydrogens (primary N) is 1. The minimum Gasteiger partial charge on any atom is -0.399 e. The van der Waals surface area contributed by atoms with Crippen LogP contribution in [0.5, 0.6) is 0 Å². The number of rotatable bonds is 3. The number of nitrogens with zero attached hydrogens (tertiary/aromatic N) is 1. The SMILES string of the molecule is Cl.Nc1ccc(-c2ccc3c(NC(=O)c4ccsc4)n[nH]c3c2)cc1. The van der Waals surface area contributed by atoms with Crippen molar-refractivity contribution in [3.63, 3.8) is 0 Å². The normalized spacial score (nSPS) is 10.4. The van der Waals surface area contributed by atoms with E-state index >= 15 is 0 Å². The molecule has 0 spiro atoms. The summed E-state index contributed by atoms with van der Waals surface area (Å²) in [6, 6.07) is 15.5. The van der Waals surface area contributed by atoms with E-state index in [9.17, 15) is 4.79 Å². The van der Waals surface area contributed by atoms with Crippen molar-refractivity contribution in [3.8, 4) is 11.1 Å². The van der Waals surface area contributed by atoms with Crippen LogP contribution in [0.4, 0.5) is 11.5 Å². The molecule has 1 amide bonds. The highest BCUT2D eigenvalue weighted by atomic mass is 35.5. The lowest BCUT2D eigenvalue weighted by atomic mass is 10.0. The van der Waals surface area contributed by atoms with Crippen molar-refractivity contribution in [2.45, 2.75) is 0 Å². The van der Waals surface area contributed by atoms with Crippen LogP contribution < -0.4 is 11.1 Å². The number of hydrogen-bond acceptors (Lipinski definition) is 4. The van der Waals surface area contributed by atoms with Gasteiger partial charge in [-0.2, -0.15) is 16.4 Å². The summed E-state index contributed by atoms with van der Waals surface area (Å²) >= 11 is 1.49. The Morgan fingerprint density at radius 3 is 2.56 bits per heavy atom. The van der Waals surface area contributed by atoms with E-state index in [1.165, 1.54) is 11.3 Å². The number of hydrogen-bond donors (Lipinski definition) is 3. The van der Waals surface area contributed by atoms with E-state index in [4.69, 9.17) is 5.73 Å². The van der Waals surface area contributed by atoms with E-state index in [1.807, 2.05) is 53.2 Å². The molecule has 0 saturated heterocycles. The average Bonchev–Trinajstić information content (AvgIpc) is 3.25. The van der Waals surface area contributed by atoms with Crippen molar-refractivity contribution in [2.75, 3.05) is 11.1 Å². The molecule has 0 radical (unpaired) electrons. The molecule has 0 saturated carbocycles. The first-order valence-electron chi connectivity index (χ1n) is 7.38. The molecule has 7 heteroatoms. The van der Waals surface area contributed by atoms with Crippen LogP contribution in [-0.2, 0) is 0 Å². The fraction of sp³-hybridized carbons (Fsp3) is 0. The van der Waals surface area contributed by atoms with Crippen molar-refractivity contribution < 1.29 is 4.79 Å². The molecule has 4 N–H and O–H groups in total. The Balaban J connectivity index is 0.00000182. The summed E-state index contributed by atoms with van der Waals surface area (Å²) in [6.45, 7) is 0. The molecule has 126 valence electrons. The molecule has 2 aromatic heterocycles. The number of carbonyl (C=O) groups excluding carboxylic acids is 1. The fourth-order valence-electron chi connectivity index (χ4n) is 2.54. The minimum atomic E-state index is -0.160. The highest BCUT2D eigenvalue weighted by Crippen LogP contribution is 2.27. The lowest BCUT2D eigenvalue weighted by molar-refractivity contribution is 0.102. The van der Waals surface area contributed by atoms with Gasteiger partial charge >= 0.3 is 0 Å². The predicted octanol–water partition coefficient (Wildman–Crippen LogP) is 4.55. The van der Waals surface area contributed by atoms with Gasteiger partial charge in [0.05, 0.1) is 11.1 Å². The standard InChI is InChI=1S/C18H14N4OS.ClH/c19-14-4-1-11(2-5-14)12-3-6-15-16(9-12)21-22-17(15)20-18(23)13-7-8-24-10-13;/h1-10H,19H2,(H2,20,21,22,23);1H. The summed E-state index contributed by atoms with van der Waals surface area (Å²) in [5.74, 6) is 0.373. The zero-order valence-corrected chi connectivity index (χ0v) is 14.7. The second-order valence-corrected chi connectivity index (χ2v) is 6.20. The average molecular weight is 371 g/mol. The molecular formula is C18H15ClN4OS. The molecule has 2 heterocycles. The van der Waals surface area contributed by atoms with E-state index in [-0.39, 0.29) is 18.3 Å². The Hall–Kier alpha value is -2.83. The Bertz CT molecular complexity index is 1010. The van der Waals surface area contributed by atoms with Crippen LogP contribution in [0, 0.1) is 0 Å². The van der Waals surface area contributed by atoms with Gasteiger partial charge in [-0.05, 0) is 46.8 Å². The molecule has 0 fully saturated rings. The highest BCUT2D eigenvalue weighted by Gasteiger charge is 2.12. The Kier molecular flexibility index (Phi) is 4.74. The minimum absolute atomic E-state index is 0. The molecule has 2 aromatic carbocycles. The first-order valence-corrected chi connectivity index (χ1v) is 8.32. The number of thiophene rings is 1. The number of nitrogens with one attached hydrogen (secondary N) is 2. The Labute approximate surface area is 154 Å². The fourth-order valence-corrected chi connectivity index (χ4v) is 3.18. The second-order valence-electron chi connectivity index (χ2n) is 5.42. The van der Waals surface area contributed by atoms with Crippen molar-refractivity contribution in [1.29, 1.82) is 0 Å². The summed E-state index contributed by atoms with van der Waals surface area (Å²) in [6.07, 6.45) is 0. The maximum absolute atomic E-state index is 12.2. The Morgan fingerprint density at radius 2 is 1.84 bits per heavy atom. The molecule has 5 nitrogen and oxygen atoms in total. The summed E-state index contributed by atoms with van der Waals surface area (Å²) in [4.78, 5) is 12.2. The molecule has 4 rings (SSSR count). The molecule has 0 aliphatic carbocycles. The molecule has 0 aliphatic heterocycles. The zero-order chi connectivity index (χ0) is 16.5. The largest absolute Gasteiger partial charge is 0.399 e. The third-order valence-corrected chi connectivity index (χ3v) is 4.51. The molecular weight excluding hydrogens is 356 g/mol. The van der Waals surface area contributed by atoms with E-state index in [1.54, 1.807) is 6.07 Å². The predicted molar refractivity (Wildman–Crippen MR) is 105 cm³/mol. The summed E-state index contributed by atoms with van der Waals surface area (Å²) < 4.78 is 0. The second kappa shape index (κ2) is 6.96. The molecule has 0 unspecified atom stereocenters. The van der Waals surface area contributed by atoms with Crippen molar-refractivity contribution >= 4 is 52.1 Å². The van der Waals surface area contributed by atoms with Gasteiger partial charge in [0, 0.05) is 16.5 Å². The number of halogens is 1. The first kappa shape index (κ1) is 17.0. The van der Waals surface area contributed by atoms with Crippen molar-refractivity contribution in [1.82, 2.24) is 10.2 Å². The van der Waals surface area contributed by atoms with Crippen LogP contribution in [0.1, 0.15) is 10.4 Å². The number of aromatic amines is 1. The summed E-state index contributed by atoms with van der Waals surface area (Å²) in [7, 11) is 0. The third-order valence-electron chi connectivity index (χ3n) is 3.82.